The number of fused-ring (bicyclic) bond motifs is 1. The van der Waals surface area contributed by atoms with Crippen LogP contribution in [0.1, 0.15) is 12.8 Å². The van der Waals surface area contributed by atoms with Crippen molar-refractivity contribution >= 4 is 5.90 Å². The van der Waals surface area contributed by atoms with E-state index in [9.17, 15) is 0 Å². The maximum absolute atomic E-state index is 4.96. The molecule has 44 valence electrons. The summed E-state index contributed by atoms with van der Waals surface area (Å²) in [4.78, 5) is 4.28. The standard InChI is InChI=1S/C6H9NO/c1-8-6-3-4-2-5(4)7-6/h4-5H,2-3H2,1H3. The van der Waals surface area contributed by atoms with Crippen molar-refractivity contribution < 1.29 is 4.74 Å². The molecule has 0 aromatic carbocycles. The first-order chi connectivity index (χ1) is 3.90. The van der Waals surface area contributed by atoms with Crippen molar-refractivity contribution in [1.29, 1.82) is 0 Å². The van der Waals surface area contributed by atoms with E-state index >= 15 is 0 Å². The Labute approximate surface area is 48.6 Å². The lowest BCUT2D eigenvalue weighted by molar-refractivity contribution is 0.391. The summed E-state index contributed by atoms with van der Waals surface area (Å²) in [5.74, 6) is 1.83. The molecule has 0 radical (unpaired) electrons. The van der Waals surface area contributed by atoms with E-state index in [2.05, 4.69) is 4.99 Å². The molecule has 2 aliphatic rings. The van der Waals surface area contributed by atoms with Gasteiger partial charge < -0.3 is 4.74 Å². The highest BCUT2D eigenvalue weighted by Gasteiger charge is 2.43. The summed E-state index contributed by atoms with van der Waals surface area (Å²) < 4.78 is 4.96. The molecular weight excluding hydrogens is 102 g/mol. The van der Waals surface area contributed by atoms with Crippen LogP contribution in [0.3, 0.4) is 0 Å². The Morgan fingerprint density at radius 3 is 3.00 bits per heavy atom. The van der Waals surface area contributed by atoms with E-state index in [1.807, 2.05) is 0 Å². The fourth-order valence-corrected chi connectivity index (χ4v) is 1.21. The van der Waals surface area contributed by atoms with Gasteiger partial charge in [-0.2, -0.15) is 0 Å². The van der Waals surface area contributed by atoms with E-state index in [4.69, 9.17) is 4.74 Å². The largest absolute Gasteiger partial charge is 0.484 e. The number of ether oxygens (including phenoxy) is 1. The topological polar surface area (TPSA) is 21.6 Å². The molecule has 0 spiro atoms. The Morgan fingerprint density at radius 2 is 2.62 bits per heavy atom. The van der Waals surface area contributed by atoms with Gasteiger partial charge in [-0.1, -0.05) is 0 Å². The summed E-state index contributed by atoms with van der Waals surface area (Å²) in [5.41, 5.74) is 0. The zero-order chi connectivity index (χ0) is 5.56. The summed E-state index contributed by atoms with van der Waals surface area (Å²) in [6.45, 7) is 0. The van der Waals surface area contributed by atoms with Crippen LogP contribution >= 0.6 is 0 Å². The molecule has 1 aliphatic heterocycles. The lowest BCUT2D eigenvalue weighted by Gasteiger charge is -1.95. The summed E-state index contributed by atoms with van der Waals surface area (Å²) in [6, 6.07) is 0.657. The predicted molar refractivity (Wildman–Crippen MR) is 31.0 cm³/mol. The Kier molecular flexibility index (Phi) is 0.678. The summed E-state index contributed by atoms with van der Waals surface area (Å²) in [7, 11) is 1.70. The molecule has 0 bridgehead atoms. The second-order valence-electron chi connectivity index (χ2n) is 2.49. The third-order valence-electron chi connectivity index (χ3n) is 1.87. The van der Waals surface area contributed by atoms with Crippen LogP contribution in [0.15, 0.2) is 4.99 Å². The van der Waals surface area contributed by atoms with E-state index in [0.29, 0.717) is 6.04 Å². The highest BCUT2D eigenvalue weighted by Crippen LogP contribution is 2.42. The third-order valence-corrected chi connectivity index (χ3v) is 1.87. The minimum absolute atomic E-state index is 0.657. The molecular formula is C6H9NO. The van der Waals surface area contributed by atoms with Gasteiger partial charge in [0.1, 0.15) is 0 Å². The van der Waals surface area contributed by atoms with Gasteiger partial charge in [-0.05, 0) is 12.3 Å². The molecule has 1 aliphatic carbocycles. The first-order valence-electron chi connectivity index (χ1n) is 3.01. The fourth-order valence-electron chi connectivity index (χ4n) is 1.21. The minimum atomic E-state index is 0.657. The lowest BCUT2D eigenvalue weighted by atomic mass is 10.3. The van der Waals surface area contributed by atoms with Crippen molar-refractivity contribution in [3.8, 4) is 0 Å². The Balaban J connectivity index is 2.07. The number of aliphatic imine (C=N–C) groups is 1. The molecule has 2 rings (SSSR count). The first-order valence-corrected chi connectivity index (χ1v) is 3.01. The van der Waals surface area contributed by atoms with E-state index in [1.54, 1.807) is 7.11 Å². The van der Waals surface area contributed by atoms with Crippen molar-refractivity contribution in [1.82, 2.24) is 0 Å². The van der Waals surface area contributed by atoms with E-state index in [-0.39, 0.29) is 0 Å². The molecule has 0 aromatic heterocycles. The maximum atomic E-state index is 4.96. The van der Waals surface area contributed by atoms with Gasteiger partial charge in [0, 0.05) is 6.42 Å². The zero-order valence-corrected chi connectivity index (χ0v) is 4.92. The number of rotatable bonds is 0. The van der Waals surface area contributed by atoms with Gasteiger partial charge in [-0.25, -0.2) is 0 Å². The van der Waals surface area contributed by atoms with E-state index in [1.165, 1.54) is 6.42 Å². The van der Waals surface area contributed by atoms with Crippen molar-refractivity contribution in [3.05, 3.63) is 0 Å². The summed E-state index contributed by atoms with van der Waals surface area (Å²) >= 11 is 0. The number of nitrogens with zero attached hydrogens (tertiary/aromatic N) is 1. The average molecular weight is 111 g/mol. The van der Waals surface area contributed by atoms with Crippen molar-refractivity contribution in [2.24, 2.45) is 10.9 Å². The van der Waals surface area contributed by atoms with Crippen LogP contribution in [-0.2, 0) is 4.74 Å². The van der Waals surface area contributed by atoms with Crippen LogP contribution in [0, 0.1) is 5.92 Å². The van der Waals surface area contributed by atoms with Crippen LogP contribution < -0.4 is 0 Å². The highest BCUT2D eigenvalue weighted by atomic mass is 16.5. The lowest BCUT2D eigenvalue weighted by Crippen LogP contribution is -1.97. The molecule has 0 amide bonds. The van der Waals surface area contributed by atoms with Gasteiger partial charge in [-0.3, -0.25) is 4.99 Å². The van der Waals surface area contributed by atoms with E-state index in [0.717, 1.165) is 18.2 Å². The number of hydrogen-bond donors (Lipinski definition) is 0. The molecule has 2 nitrogen and oxygen atoms in total. The quantitative estimate of drug-likeness (QED) is 0.453. The maximum Gasteiger partial charge on any atom is 0.183 e. The monoisotopic (exact) mass is 111 g/mol. The number of methoxy groups -OCH3 is 1. The number of hydrogen-bond acceptors (Lipinski definition) is 2. The van der Waals surface area contributed by atoms with Crippen LogP contribution in [-0.4, -0.2) is 19.0 Å². The van der Waals surface area contributed by atoms with Crippen LogP contribution in [0.25, 0.3) is 0 Å². The van der Waals surface area contributed by atoms with Crippen molar-refractivity contribution in [2.45, 2.75) is 18.9 Å². The first kappa shape index (κ1) is 4.36. The summed E-state index contributed by atoms with van der Waals surface area (Å²) in [5, 5.41) is 0. The van der Waals surface area contributed by atoms with Crippen molar-refractivity contribution in [2.75, 3.05) is 7.11 Å². The zero-order valence-electron chi connectivity index (χ0n) is 4.92. The van der Waals surface area contributed by atoms with E-state index < -0.39 is 0 Å². The molecule has 8 heavy (non-hydrogen) atoms. The van der Waals surface area contributed by atoms with Gasteiger partial charge in [0.2, 0.25) is 0 Å². The molecule has 0 saturated heterocycles. The third kappa shape index (κ3) is 0.457. The molecule has 1 heterocycles. The second-order valence-corrected chi connectivity index (χ2v) is 2.49. The van der Waals surface area contributed by atoms with Gasteiger partial charge >= 0.3 is 0 Å². The summed E-state index contributed by atoms with van der Waals surface area (Å²) in [6.07, 6.45) is 2.41. The molecule has 1 fully saturated rings. The van der Waals surface area contributed by atoms with Crippen LogP contribution in [0.4, 0.5) is 0 Å². The van der Waals surface area contributed by atoms with Gasteiger partial charge in [0.05, 0.1) is 13.2 Å². The second kappa shape index (κ2) is 1.24. The fraction of sp³-hybridized carbons (Fsp3) is 0.833. The molecule has 2 atom stereocenters. The van der Waals surface area contributed by atoms with Gasteiger partial charge in [0.15, 0.2) is 5.90 Å². The predicted octanol–water partition coefficient (Wildman–Crippen LogP) is 0.823. The Hall–Kier alpha value is -0.530. The van der Waals surface area contributed by atoms with Crippen molar-refractivity contribution in [3.63, 3.8) is 0 Å². The normalized spacial score (nSPS) is 40.9. The highest BCUT2D eigenvalue weighted by molar-refractivity contribution is 5.79. The molecule has 2 unspecified atom stereocenters. The Morgan fingerprint density at radius 1 is 1.75 bits per heavy atom. The average Bonchev–Trinajstić information content (AvgIpc) is 2.40. The van der Waals surface area contributed by atoms with Crippen LogP contribution in [0.5, 0.6) is 0 Å². The molecule has 2 heteroatoms. The smallest absolute Gasteiger partial charge is 0.183 e. The molecule has 0 aromatic rings. The van der Waals surface area contributed by atoms with Crippen LogP contribution in [0.2, 0.25) is 0 Å². The Bertz CT molecular complexity index is 141. The molecule has 1 saturated carbocycles. The van der Waals surface area contributed by atoms with Gasteiger partial charge in [-0.15, -0.1) is 0 Å². The SMILES string of the molecule is COC1=NC2CC2C1. The van der Waals surface area contributed by atoms with Gasteiger partial charge in [0.25, 0.3) is 0 Å². The molecule has 0 N–H and O–H groups in total. The minimum Gasteiger partial charge on any atom is -0.484 e.